The predicted octanol–water partition coefficient (Wildman–Crippen LogP) is 3.07. The van der Waals surface area contributed by atoms with Gasteiger partial charge in [0.05, 0.1) is 13.2 Å². The average molecular weight is 366 g/mol. The molecule has 4 nitrogen and oxygen atoms in total. The summed E-state index contributed by atoms with van der Waals surface area (Å²) in [5, 5.41) is 0. The fourth-order valence-electron chi connectivity index (χ4n) is 2.92. The lowest BCUT2D eigenvalue weighted by atomic mass is 9.96. The molecule has 0 radical (unpaired) electrons. The summed E-state index contributed by atoms with van der Waals surface area (Å²) < 4.78 is 12.1. The second-order valence-corrected chi connectivity index (χ2v) is 6.48. The van der Waals surface area contributed by atoms with Gasteiger partial charge in [-0.25, -0.2) is 0 Å². The van der Waals surface area contributed by atoms with E-state index in [4.69, 9.17) is 9.47 Å². The normalized spacial score (nSPS) is 20.9. The third kappa shape index (κ3) is 3.77. The molecule has 2 aliphatic heterocycles. The van der Waals surface area contributed by atoms with E-state index in [1.807, 2.05) is 35.2 Å². The minimum atomic E-state index is -0.0620. The molecule has 1 aromatic rings. The number of amides is 1. The molecule has 2 fully saturated rings. The fourth-order valence-corrected chi connectivity index (χ4v) is 3.33. The summed E-state index contributed by atoms with van der Waals surface area (Å²) in [5.41, 5.74) is 1.01. The molecule has 0 saturated carbocycles. The van der Waals surface area contributed by atoms with Crippen LogP contribution in [0.3, 0.4) is 0 Å². The zero-order valence-corrected chi connectivity index (χ0v) is 14.0. The average Bonchev–Trinajstić information content (AvgIpc) is 3.08. The smallest absolute Gasteiger partial charge is 0.246 e. The van der Waals surface area contributed by atoms with E-state index in [1.54, 1.807) is 6.08 Å². The lowest BCUT2D eigenvalue weighted by Crippen LogP contribution is -2.40. The van der Waals surface area contributed by atoms with Crippen LogP contribution in [0.1, 0.15) is 18.4 Å². The fraction of sp³-hybridized carbons (Fsp3) is 0.471. The van der Waals surface area contributed by atoms with Crippen LogP contribution >= 0.6 is 15.9 Å². The highest BCUT2D eigenvalue weighted by atomic mass is 79.9. The summed E-state index contributed by atoms with van der Waals surface area (Å²) in [7, 11) is 0. The van der Waals surface area contributed by atoms with Crippen molar-refractivity contribution in [1.29, 1.82) is 0 Å². The highest BCUT2D eigenvalue weighted by molar-refractivity contribution is 9.10. The highest BCUT2D eigenvalue weighted by Gasteiger charge is 2.31. The van der Waals surface area contributed by atoms with Gasteiger partial charge in [0.15, 0.2) is 6.29 Å². The second kappa shape index (κ2) is 7.40. The number of hydrogen-bond donors (Lipinski definition) is 0. The van der Waals surface area contributed by atoms with Gasteiger partial charge in [-0.1, -0.05) is 34.1 Å². The number of rotatable bonds is 3. The highest BCUT2D eigenvalue weighted by Crippen LogP contribution is 2.26. The Bertz CT molecular complexity index is 547. The largest absolute Gasteiger partial charge is 0.350 e. The summed E-state index contributed by atoms with van der Waals surface area (Å²) in [6, 6.07) is 7.87. The minimum Gasteiger partial charge on any atom is -0.350 e. The van der Waals surface area contributed by atoms with Crippen LogP contribution < -0.4 is 0 Å². The molecule has 0 aromatic heterocycles. The Kier molecular flexibility index (Phi) is 5.28. The number of nitrogens with zero attached hydrogens (tertiary/aromatic N) is 1. The maximum atomic E-state index is 12.3. The van der Waals surface area contributed by atoms with Crippen molar-refractivity contribution in [3.05, 3.63) is 40.4 Å². The molecule has 2 heterocycles. The summed E-state index contributed by atoms with van der Waals surface area (Å²) in [6.45, 7) is 2.93. The van der Waals surface area contributed by atoms with E-state index in [9.17, 15) is 4.79 Å². The summed E-state index contributed by atoms with van der Waals surface area (Å²) in [4.78, 5) is 14.2. The molecule has 0 N–H and O–H groups in total. The molecule has 22 heavy (non-hydrogen) atoms. The van der Waals surface area contributed by atoms with Gasteiger partial charge in [-0.05, 0) is 30.5 Å². The summed E-state index contributed by atoms with van der Waals surface area (Å²) >= 11 is 3.48. The molecule has 3 rings (SSSR count). The van der Waals surface area contributed by atoms with Crippen LogP contribution in [0.25, 0.3) is 6.08 Å². The Morgan fingerprint density at radius 1 is 1.18 bits per heavy atom. The van der Waals surface area contributed by atoms with Crippen LogP contribution in [0.15, 0.2) is 34.8 Å². The number of carbonyl (C=O) groups is 1. The maximum Gasteiger partial charge on any atom is 0.246 e. The van der Waals surface area contributed by atoms with E-state index in [0.717, 1.165) is 36.0 Å². The number of halogens is 1. The molecule has 0 atom stereocenters. The molecule has 0 spiro atoms. The van der Waals surface area contributed by atoms with Gasteiger partial charge in [0.25, 0.3) is 0 Å². The van der Waals surface area contributed by atoms with Crippen molar-refractivity contribution in [2.45, 2.75) is 19.1 Å². The lowest BCUT2D eigenvalue weighted by molar-refractivity contribution is -0.131. The van der Waals surface area contributed by atoms with Crippen LogP contribution in [0, 0.1) is 5.92 Å². The quantitative estimate of drug-likeness (QED) is 0.772. The molecule has 0 unspecified atom stereocenters. The number of piperidine rings is 1. The monoisotopic (exact) mass is 365 g/mol. The van der Waals surface area contributed by atoms with Gasteiger partial charge >= 0.3 is 0 Å². The number of ether oxygens (including phenoxy) is 2. The van der Waals surface area contributed by atoms with Crippen LogP contribution in [0.2, 0.25) is 0 Å². The Labute approximate surface area is 139 Å². The predicted molar refractivity (Wildman–Crippen MR) is 88.2 cm³/mol. The SMILES string of the molecule is O=C(/C=C/c1ccccc1Br)N1CCC(C2OCCO2)CC1. The molecule has 1 aromatic carbocycles. The van der Waals surface area contributed by atoms with Crippen LogP contribution in [-0.2, 0) is 14.3 Å². The van der Waals surface area contributed by atoms with Crippen molar-refractivity contribution in [3.63, 3.8) is 0 Å². The molecule has 5 heteroatoms. The Morgan fingerprint density at radius 2 is 1.86 bits per heavy atom. The van der Waals surface area contributed by atoms with E-state index in [0.29, 0.717) is 19.1 Å². The molecule has 0 aliphatic carbocycles. The van der Waals surface area contributed by atoms with Gasteiger partial charge in [0, 0.05) is 29.6 Å². The lowest BCUT2D eigenvalue weighted by Gasteiger charge is -2.33. The topological polar surface area (TPSA) is 38.8 Å². The van der Waals surface area contributed by atoms with Gasteiger partial charge in [-0.15, -0.1) is 0 Å². The van der Waals surface area contributed by atoms with Crippen LogP contribution in [0.4, 0.5) is 0 Å². The van der Waals surface area contributed by atoms with Crippen LogP contribution in [0.5, 0.6) is 0 Å². The van der Waals surface area contributed by atoms with E-state index in [-0.39, 0.29) is 12.2 Å². The Morgan fingerprint density at radius 3 is 2.55 bits per heavy atom. The first kappa shape index (κ1) is 15.7. The molecule has 2 saturated heterocycles. The zero-order chi connectivity index (χ0) is 15.4. The standard InChI is InChI=1S/C17H20BrNO3/c18-15-4-2-1-3-13(15)5-6-16(20)19-9-7-14(8-10-19)17-21-11-12-22-17/h1-6,14,17H,7-12H2/b6-5+. The summed E-state index contributed by atoms with van der Waals surface area (Å²) in [6.07, 6.45) is 5.34. The maximum absolute atomic E-state index is 12.3. The van der Waals surface area contributed by atoms with E-state index in [1.165, 1.54) is 0 Å². The van der Waals surface area contributed by atoms with E-state index >= 15 is 0 Å². The Hall–Kier alpha value is -1.17. The third-order valence-corrected chi connectivity index (χ3v) is 4.92. The first-order valence-corrected chi connectivity index (χ1v) is 8.48. The number of benzene rings is 1. The molecule has 118 valence electrons. The molecular weight excluding hydrogens is 346 g/mol. The van der Waals surface area contributed by atoms with E-state index < -0.39 is 0 Å². The molecule has 2 aliphatic rings. The first-order chi connectivity index (χ1) is 10.7. The van der Waals surface area contributed by atoms with Crippen LogP contribution in [-0.4, -0.2) is 43.4 Å². The van der Waals surface area contributed by atoms with Crippen molar-refractivity contribution in [1.82, 2.24) is 4.90 Å². The van der Waals surface area contributed by atoms with Crippen molar-refractivity contribution in [2.75, 3.05) is 26.3 Å². The second-order valence-electron chi connectivity index (χ2n) is 5.63. The summed E-state index contributed by atoms with van der Waals surface area (Å²) in [5.74, 6) is 0.487. The third-order valence-electron chi connectivity index (χ3n) is 4.19. The number of hydrogen-bond acceptors (Lipinski definition) is 3. The van der Waals surface area contributed by atoms with Crippen molar-refractivity contribution in [3.8, 4) is 0 Å². The first-order valence-electron chi connectivity index (χ1n) is 7.69. The number of carbonyl (C=O) groups excluding carboxylic acids is 1. The van der Waals surface area contributed by atoms with Crippen molar-refractivity contribution in [2.24, 2.45) is 5.92 Å². The minimum absolute atomic E-state index is 0.0620. The number of likely N-dealkylation sites (tertiary alicyclic amines) is 1. The zero-order valence-electron chi connectivity index (χ0n) is 12.4. The Balaban J connectivity index is 1.52. The molecule has 1 amide bonds. The van der Waals surface area contributed by atoms with Gasteiger partial charge in [-0.3, -0.25) is 4.79 Å². The van der Waals surface area contributed by atoms with Gasteiger partial charge < -0.3 is 14.4 Å². The van der Waals surface area contributed by atoms with Gasteiger partial charge in [-0.2, -0.15) is 0 Å². The molecular formula is C17H20BrNO3. The van der Waals surface area contributed by atoms with Gasteiger partial charge in [0.2, 0.25) is 5.91 Å². The van der Waals surface area contributed by atoms with E-state index in [2.05, 4.69) is 15.9 Å². The van der Waals surface area contributed by atoms with Crippen molar-refractivity contribution >= 4 is 27.9 Å². The van der Waals surface area contributed by atoms with Gasteiger partial charge in [0.1, 0.15) is 0 Å². The molecule has 0 bridgehead atoms. The van der Waals surface area contributed by atoms with Crippen molar-refractivity contribution < 1.29 is 14.3 Å².